The zero-order valence-corrected chi connectivity index (χ0v) is 21.8. The first-order valence-electron chi connectivity index (χ1n) is 10.8. The van der Waals surface area contributed by atoms with Crippen LogP contribution in [0.4, 0.5) is 0 Å². The van der Waals surface area contributed by atoms with E-state index in [1.807, 2.05) is 32.0 Å². The molecule has 1 atom stereocenters. The molecule has 0 radical (unpaired) electrons. The summed E-state index contributed by atoms with van der Waals surface area (Å²) < 4.78 is 16.6. The van der Waals surface area contributed by atoms with Gasteiger partial charge in [0.05, 0.1) is 25.9 Å². The number of carbonyl (C=O) groups is 1. The number of nitrogens with zero attached hydrogens (tertiary/aromatic N) is 1. The zero-order valence-electron chi connectivity index (χ0n) is 19.5. The molecule has 1 unspecified atom stereocenters. The van der Waals surface area contributed by atoms with Gasteiger partial charge < -0.3 is 30.2 Å². The number of guanidine groups is 1. The van der Waals surface area contributed by atoms with Gasteiger partial charge in [-0.1, -0.05) is 19.9 Å². The van der Waals surface area contributed by atoms with Crippen molar-refractivity contribution in [3.05, 3.63) is 23.8 Å². The largest absolute Gasteiger partial charge is 0.490 e. The van der Waals surface area contributed by atoms with Gasteiger partial charge in [-0.3, -0.25) is 4.79 Å². The van der Waals surface area contributed by atoms with Crippen LogP contribution < -0.4 is 25.4 Å². The first-order valence-corrected chi connectivity index (χ1v) is 10.8. The van der Waals surface area contributed by atoms with Gasteiger partial charge in [0, 0.05) is 20.2 Å². The van der Waals surface area contributed by atoms with Crippen molar-refractivity contribution in [3.8, 4) is 11.5 Å². The minimum Gasteiger partial charge on any atom is -0.490 e. The van der Waals surface area contributed by atoms with Gasteiger partial charge in [-0.15, -0.1) is 24.0 Å². The molecule has 0 spiro atoms. The Kier molecular flexibility index (Phi) is 16.9. The Morgan fingerprint density at radius 3 is 2.32 bits per heavy atom. The van der Waals surface area contributed by atoms with Gasteiger partial charge >= 0.3 is 0 Å². The minimum atomic E-state index is -0.149. The first-order chi connectivity index (χ1) is 14.5. The second-order valence-corrected chi connectivity index (χ2v) is 6.81. The lowest BCUT2D eigenvalue weighted by Crippen LogP contribution is -2.40. The molecule has 0 saturated heterocycles. The Labute approximate surface area is 203 Å². The van der Waals surface area contributed by atoms with Crippen molar-refractivity contribution >= 4 is 35.8 Å². The molecule has 1 rings (SSSR count). The average Bonchev–Trinajstić information content (AvgIpc) is 2.75. The third kappa shape index (κ3) is 12.0. The highest BCUT2D eigenvalue weighted by molar-refractivity contribution is 14.0. The summed E-state index contributed by atoms with van der Waals surface area (Å²) in [6, 6.07) is 5.92. The Balaban J connectivity index is 0.00000900. The summed E-state index contributed by atoms with van der Waals surface area (Å²) in [5.74, 6) is 1.93. The number of aliphatic imine (C=N–C) groups is 1. The molecular formula is C22H39IN4O4. The van der Waals surface area contributed by atoms with E-state index in [-0.39, 0.29) is 42.5 Å². The number of hydrogen-bond donors (Lipinski definition) is 3. The fraction of sp³-hybridized carbons (Fsp3) is 0.636. The van der Waals surface area contributed by atoms with Crippen molar-refractivity contribution in [1.82, 2.24) is 16.0 Å². The van der Waals surface area contributed by atoms with Crippen molar-refractivity contribution in [2.75, 3.05) is 46.6 Å². The molecule has 0 bridgehead atoms. The molecular weight excluding hydrogens is 511 g/mol. The van der Waals surface area contributed by atoms with Crippen LogP contribution in [0.15, 0.2) is 23.2 Å². The molecule has 0 saturated carbocycles. The SMILES string of the molecule is CCCOc1ccc(C(C)NC(=NCC(=O)NCCOC)NCC)cc1OCCC.I. The summed E-state index contributed by atoms with van der Waals surface area (Å²) in [6.45, 7) is 11.1. The maximum absolute atomic E-state index is 11.9. The van der Waals surface area contributed by atoms with Gasteiger partial charge in [-0.2, -0.15) is 0 Å². The highest BCUT2D eigenvalue weighted by atomic mass is 127. The van der Waals surface area contributed by atoms with E-state index in [0.717, 1.165) is 29.9 Å². The standard InChI is InChI=1S/C22H38N4O4.HI/c1-6-12-29-19-10-9-18(15-20(19)30-13-7-2)17(4)26-22(23-8-3)25-16-21(27)24-11-14-28-5;/h9-10,15,17H,6-8,11-14,16H2,1-5H3,(H,24,27)(H2,23,25,26);1H. The van der Waals surface area contributed by atoms with Crippen LogP contribution in [-0.4, -0.2) is 58.4 Å². The van der Waals surface area contributed by atoms with Crippen molar-refractivity contribution in [1.29, 1.82) is 0 Å². The highest BCUT2D eigenvalue weighted by Crippen LogP contribution is 2.31. The molecule has 0 aliphatic carbocycles. The molecule has 8 nitrogen and oxygen atoms in total. The number of methoxy groups -OCH3 is 1. The number of amides is 1. The Bertz CT molecular complexity index is 658. The van der Waals surface area contributed by atoms with E-state index in [2.05, 4.69) is 34.8 Å². The summed E-state index contributed by atoms with van der Waals surface area (Å²) in [7, 11) is 1.60. The topological polar surface area (TPSA) is 93.2 Å². The lowest BCUT2D eigenvalue weighted by atomic mass is 10.1. The smallest absolute Gasteiger partial charge is 0.241 e. The molecule has 1 aromatic carbocycles. The molecule has 0 aromatic heterocycles. The predicted octanol–water partition coefficient (Wildman–Crippen LogP) is 3.26. The maximum atomic E-state index is 11.9. The van der Waals surface area contributed by atoms with E-state index in [0.29, 0.717) is 38.9 Å². The number of rotatable bonds is 14. The Morgan fingerprint density at radius 1 is 1.03 bits per heavy atom. The number of carbonyl (C=O) groups excluding carboxylic acids is 1. The molecule has 0 fully saturated rings. The van der Waals surface area contributed by atoms with Crippen LogP contribution in [0, 0.1) is 0 Å². The van der Waals surface area contributed by atoms with E-state index in [9.17, 15) is 4.79 Å². The summed E-state index contributed by atoms with van der Waals surface area (Å²) in [6.07, 6.45) is 1.86. The van der Waals surface area contributed by atoms with E-state index in [1.54, 1.807) is 7.11 Å². The van der Waals surface area contributed by atoms with Gasteiger partial charge in [0.25, 0.3) is 0 Å². The third-order valence-electron chi connectivity index (χ3n) is 4.10. The van der Waals surface area contributed by atoms with Crippen molar-refractivity contribution in [3.63, 3.8) is 0 Å². The van der Waals surface area contributed by atoms with E-state index >= 15 is 0 Å². The monoisotopic (exact) mass is 550 g/mol. The average molecular weight is 550 g/mol. The van der Waals surface area contributed by atoms with Gasteiger partial charge in [-0.25, -0.2) is 4.99 Å². The molecule has 178 valence electrons. The Hall–Kier alpha value is -1.75. The molecule has 1 amide bonds. The van der Waals surface area contributed by atoms with E-state index in [1.165, 1.54) is 0 Å². The molecule has 9 heteroatoms. The van der Waals surface area contributed by atoms with Crippen LogP contribution in [0.2, 0.25) is 0 Å². The van der Waals surface area contributed by atoms with Crippen LogP contribution >= 0.6 is 24.0 Å². The third-order valence-corrected chi connectivity index (χ3v) is 4.10. The normalized spacial score (nSPS) is 11.8. The molecule has 1 aromatic rings. The number of halogens is 1. The highest BCUT2D eigenvalue weighted by Gasteiger charge is 2.13. The molecule has 0 aliphatic rings. The van der Waals surface area contributed by atoms with Crippen LogP contribution in [0.1, 0.15) is 52.1 Å². The summed E-state index contributed by atoms with van der Waals surface area (Å²) in [5, 5.41) is 9.27. The number of hydrogen-bond acceptors (Lipinski definition) is 5. The van der Waals surface area contributed by atoms with E-state index < -0.39 is 0 Å². The number of benzene rings is 1. The van der Waals surface area contributed by atoms with Crippen molar-refractivity contribution in [2.45, 2.75) is 46.6 Å². The van der Waals surface area contributed by atoms with Crippen molar-refractivity contribution in [2.24, 2.45) is 4.99 Å². The summed E-state index contributed by atoms with van der Waals surface area (Å²) >= 11 is 0. The fourth-order valence-electron chi connectivity index (χ4n) is 2.56. The van der Waals surface area contributed by atoms with Crippen LogP contribution in [0.5, 0.6) is 11.5 Å². The van der Waals surface area contributed by atoms with Crippen LogP contribution in [0.25, 0.3) is 0 Å². The molecule has 0 heterocycles. The van der Waals surface area contributed by atoms with Crippen molar-refractivity contribution < 1.29 is 19.0 Å². The maximum Gasteiger partial charge on any atom is 0.241 e. The molecule has 0 aliphatic heterocycles. The Morgan fingerprint density at radius 2 is 1.71 bits per heavy atom. The van der Waals surface area contributed by atoms with Crippen LogP contribution in [0.3, 0.4) is 0 Å². The summed E-state index contributed by atoms with van der Waals surface area (Å²) in [4.78, 5) is 16.3. The van der Waals surface area contributed by atoms with Gasteiger partial charge in [0.15, 0.2) is 17.5 Å². The van der Waals surface area contributed by atoms with Gasteiger partial charge in [-0.05, 0) is 44.4 Å². The first kappa shape index (κ1) is 29.2. The lowest BCUT2D eigenvalue weighted by molar-refractivity contribution is -0.119. The predicted molar refractivity (Wildman–Crippen MR) is 136 cm³/mol. The minimum absolute atomic E-state index is 0. The number of nitrogens with one attached hydrogen (secondary N) is 3. The van der Waals surface area contributed by atoms with Gasteiger partial charge in [0.2, 0.25) is 5.91 Å². The second kappa shape index (κ2) is 17.9. The lowest BCUT2D eigenvalue weighted by Gasteiger charge is -2.20. The van der Waals surface area contributed by atoms with Gasteiger partial charge in [0.1, 0.15) is 6.54 Å². The second-order valence-electron chi connectivity index (χ2n) is 6.81. The van der Waals surface area contributed by atoms with Crippen LogP contribution in [-0.2, 0) is 9.53 Å². The number of ether oxygens (including phenoxy) is 3. The fourth-order valence-corrected chi connectivity index (χ4v) is 2.56. The summed E-state index contributed by atoms with van der Waals surface area (Å²) in [5.41, 5.74) is 1.04. The zero-order chi connectivity index (χ0) is 22.2. The molecule has 31 heavy (non-hydrogen) atoms. The molecule has 3 N–H and O–H groups in total. The quantitative estimate of drug-likeness (QED) is 0.143. The van der Waals surface area contributed by atoms with E-state index in [4.69, 9.17) is 14.2 Å².